The lowest BCUT2D eigenvalue weighted by Crippen LogP contribution is -2.36. The van der Waals surface area contributed by atoms with Crippen LogP contribution in [-0.4, -0.2) is 55.5 Å². The van der Waals surface area contributed by atoms with Crippen LogP contribution in [0.5, 0.6) is 0 Å². The second-order valence-electron chi connectivity index (χ2n) is 5.51. The number of fused-ring (bicyclic) bond motifs is 1. The van der Waals surface area contributed by atoms with Gasteiger partial charge in [-0.25, -0.2) is 4.79 Å². The van der Waals surface area contributed by atoms with E-state index in [-0.39, 0.29) is 11.3 Å². The molecule has 1 N–H and O–H groups in total. The fraction of sp³-hybridized carbons (Fsp3) is 0.467. The third kappa shape index (κ3) is 3.78. The van der Waals surface area contributed by atoms with Gasteiger partial charge >= 0.3 is 12.3 Å². The first kappa shape index (κ1) is 17.3. The van der Waals surface area contributed by atoms with Gasteiger partial charge in [0.1, 0.15) is 6.54 Å². The lowest BCUT2D eigenvalue weighted by atomic mass is 10.1. The van der Waals surface area contributed by atoms with Crippen LogP contribution in [0, 0.1) is 0 Å². The van der Waals surface area contributed by atoms with Gasteiger partial charge in [-0.15, -0.1) is 0 Å². The third-order valence-electron chi connectivity index (χ3n) is 3.84. The zero-order chi connectivity index (χ0) is 18.0. The number of halogens is 3. The highest BCUT2D eigenvalue weighted by Crippen LogP contribution is 2.34. The summed E-state index contributed by atoms with van der Waals surface area (Å²) < 4.78 is 49.3. The van der Waals surface area contributed by atoms with E-state index in [9.17, 15) is 18.0 Å². The highest BCUT2D eigenvalue weighted by Gasteiger charge is 2.31. The minimum absolute atomic E-state index is 0.0354. The highest BCUT2D eigenvalue weighted by molar-refractivity contribution is 6.04. The van der Waals surface area contributed by atoms with Crippen molar-refractivity contribution in [2.24, 2.45) is 0 Å². The number of anilines is 2. The molecule has 0 spiro atoms. The van der Waals surface area contributed by atoms with Crippen molar-refractivity contribution in [3.63, 3.8) is 0 Å². The Morgan fingerprint density at radius 2 is 2.08 bits per heavy atom. The van der Waals surface area contributed by atoms with Crippen molar-refractivity contribution in [2.75, 3.05) is 43.6 Å². The van der Waals surface area contributed by atoms with Crippen molar-refractivity contribution >= 4 is 28.5 Å². The van der Waals surface area contributed by atoms with Gasteiger partial charge in [0.05, 0.1) is 36.9 Å². The summed E-state index contributed by atoms with van der Waals surface area (Å²) in [7, 11) is 1.17. The Labute approximate surface area is 141 Å². The van der Waals surface area contributed by atoms with Crippen LogP contribution in [-0.2, 0) is 16.0 Å². The average molecular weight is 358 g/mol. The summed E-state index contributed by atoms with van der Waals surface area (Å²) in [6, 6.07) is 5.00. The van der Waals surface area contributed by atoms with Crippen LogP contribution in [0.4, 0.5) is 29.5 Å². The van der Waals surface area contributed by atoms with E-state index in [0.717, 1.165) is 4.68 Å². The van der Waals surface area contributed by atoms with Crippen LogP contribution < -0.4 is 10.2 Å². The van der Waals surface area contributed by atoms with Crippen LogP contribution in [0.15, 0.2) is 18.2 Å². The Balaban J connectivity index is 2.11. The monoisotopic (exact) mass is 358 g/mol. The highest BCUT2D eigenvalue weighted by atomic mass is 19.4. The Kier molecular flexibility index (Phi) is 4.71. The predicted octanol–water partition coefficient (Wildman–Crippen LogP) is 2.61. The van der Waals surface area contributed by atoms with Crippen LogP contribution in [0.2, 0.25) is 0 Å². The van der Waals surface area contributed by atoms with Gasteiger partial charge in [-0.3, -0.25) is 10.00 Å². The Bertz CT molecular complexity index is 769. The number of carbonyl (C=O) groups excluding carboxylic acids is 1. The first-order chi connectivity index (χ1) is 11.9. The van der Waals surface area contributed by atoms with Crippen LogP contribution in [0.1, 0.15) is 0 Å². The van der Waals surface area contributed by atoms with E-state index in [2.05, 4.69) is 15.2 Å². The maximum Gasteiger partial charge on any atom is 0.412 e. The summed E-state index contributed by atoms with van der Waals surface area (Å²) >= 11 is 0. The molecule has 1 fully saturated rings. The molecule has 1 amide bonds. The summed E-state index contributed by atoms with van der Waals surface area (Å²) in [5.74, 6) is 0.0354. The van der Waals surface area contributed by atoms with E-state index < -0.39 is 18.8 Å². The van der Waals surface area contributed by atoms with Crippen molar-refractivity contribution in [3.05, 3.63) is 18.2 Å². The topological polar surface area (TPSA) is 68.6 Å². The smallest absolute Gasteiger partial charge is 0.412 e. The summed E-state index contributed by atoms with van der Waals surface area (Å²) in [5.41, 5.74) is 0.980. The number of nitrogens with zero attached hydrogens (tertiary/aromatic N) is 3. The number of hydrogen-bond donors (Lipinski definition) is 1. The van der Waals surface area contributed by atoms with Crippen LogP contribution in [0.25, 0.3) is 10.9 Å². The van der Waals surface area contributed by atoms with E-state index >= 15 is 0 Å². The van der Waals surface area contributed by atoms with Gasteiger partial charge < -0.3 is 14.4 Å². The molecule has 1 aromatic carbocycles. The molecule has 0 bridgehead atoms. The number of amides is 1. The first-order valence-electron chi connectivity index (χ1n) is 7.63. The molecule has 1 saturated heterocycles. The van der Waals surface area contributed by atoms with Crippen molar-refractivity contribution in [1.82, 2.24) is 9.78 Å². The van der Waals surface area contributed by atoms with Gasteiger partial charge in [-0.2, -0.15) is 18.3 Å². The fourth-order valence-electron chi connectivity index (χ4n) is 2.80. The maximum absolute atomic E-state index is 12.9. The van der Waals surface area contributed by atoms with Gasteiger partial charge in [-0.1, -0.05) is 6.07 Å². The van der Waals surface area contributed by atoms with E-state index in [4.69, 9.17) is 4.74 Å². The average Bonchev–Trinajstić information content (AvgIpc) is 2.91. The molecule has 0 aliphatic carbocycles. The maximum atomic E-state index is 12.9. The first-order valence-corrected chi connectivity index (χ1v) is 7.63. The van der Waals surface area contributed by atoms with Crippen LogP contribution in [0.3, 0.4) is 0 Å². The Hall–Kier alpha value is -2.49. The third-order valence-corrected chi connectivity index (χ3v) is 3.84. The number of ether oxygens (including phenoxy) is 2. The second kappa shape index (κ2) is 6.79. The lowest BCUT2D eigenvalue weighted by molar-refractivity contribution is -0.141. The SMILES string of the molecule is COC(=O)Nc1nn(CC(F)(F)F)c2cccc(N3CCOCC3)c12. The number of hydrogen-bond acceptors (Lipinski definition) is 5. The number of carbonyl (C=O) groups is 1. The molecule has 3 rings (SSSR count). The largest absolute Gasteiger partial charge is 0.453 e. The zero-order valence-electron chi connectivity index (χ0n) is 13.5. The fourth-order valence-corrected chi connectivity index (χ4v) is 2.80. The molecule has 0 unspecified atom stereocenters. The van der Waals surface area contributed by atoms with Crippen molar-refractivity contribution < 1.29 is 27.4 Å². The minimum Gasteiger partial charge on any atom is -0.453 e. The van der Waals surface area contributed by atoms with E-state index in [0.29, 0.717) is 37.4 Å². The molecule has 136 valence electrons. The van der Waals surface area contributed by atoms with Gasteiger partial charge in [0.25, 0.3) is 0 Å². The number of methoxy groups -OCH3 is 1. The summed E-state index contributed by atoms with van der Waals surface area (Å²) in [5, 5.41) is 6.79. The predicted molar refractivity (Wildman–Crippen MR) is 84.8 cm³/mol. The molecule has 1 aliphatic rings. The molecular weight excluding hydrogens is 341 g/mol. The van der Waals surface area contributed by atoms with Crippen molar-refractivity contribution in [3.8, 4) is 0 Å². The molecule has 2 heterocycles. The van der Waals surface area contributed by atoms with E-state index in [1.54, 1.807) is 18.2 Å². The molecule has 2 aromatic rings. The lowest BCUT2D eigenvalue weighted by Gasteiger charge is -2.29. The minimum atomic E-state index is -4.43. The number of benzene rings is 1. The zero-order valence-corrected chi connectivity index (χ0v) is 13.5. The number of nitrogens with one attached hydrogen (secondary N) is 1. The second-order valence-corrected chi connectivity index (χ2v) is 5.51. The molecule has 0 radical (unpaired) electrons. The van der Waals surface area contributed by atoms with Gasteiger partial charge in [0.15, 0.2) is 5.82 Å². The van der Waals surface area contributed by atoms with Crippen LogP contribution >= 0.6 is 0 Å². The summed E-state index contributed by atoms with van der Waals surface area (Å²) in [4.78, 5) is 13.6. The number of morpholine rings is 1. The molecule has 0 atom stereocenters. The van der Waals surface area contributed by atoms with E-state index in [1.807, 2.05) is 4.90 Å². The Morgan fingerprint density at radius 1 is 1.36 bits per heavy atom. The quantitative estimate of drug-likeness (QED) is 0.914. The summed E-state index contributed by atoms with van der Waals surface area (Å²) in [6.45, 7) is 0.987. The standard InChI is InChI=1S/C15H17F3N4O3/c1-24-14(23)19-13-12-10(21-5-7-25-8-6-21)3-2-4-11(12)22(20-13)9-15(16,17)18/h2-4H,5-9H2,1H3,(H,19,20,23). The van der Waals surface area contributed by atoms with Gasteiger partial charge in [0.2, 0.25) is 0 Å². The van der Waals surface area contributed by atoms with Crippen molar-refractivity contribution in [2.45, 2.75) is 12.7 Å². The Morgan fingerprint density at radius 3 is 2.72 bits per heavy atom. The molecule has 10 heteroatoms. The molecule has 1 aromatic heterocycles. The molecule has 7 nitrogen and oxygen atoms in total. The molecule has 25 heavy (non-hydrogen) atoms. The number of aromatic nitrogens is 2. The summed E-state index contributed by atoms with van der Waals surface area (Å²) in [6.07, 6.45) is -5.23. The van der Waals surface area contributed by atoms with E-state index in [1.165, 1.54) is 7.11 Å². The van der Waals surface area contributed by atoms with Gasteiger partial charge in [-0.05, 0) is 12.1 Å². The normalized spacial score (nSPS) is 15.4. The molecule has 0 saturated carbocycles. The molecular formula is C15H17F3N4O3. The molecule has 1 aliphatic heterocycles. The van der Waals surface area contributed by atoms with Gasteiger partial charge in [0, 0.05) is 13.1 Å². The number of alkyl halides is 3. The van der Waals surface area contributed by atoms with Crippen molar-refractivity contribution in [1.29, 1.82) is 0 Å². The number of rotatable bonds is 3.